The fourth-order valence-corrected chi connectivity index (χ4v) is 13.6. The summed E-state index contributed by atoms with van der Waals surface area (Å²) < 4.78 is 29.8. The van der Waals surface area contributed by atoms with E-state index < -0.39 is 68.5 Å². The molecule has 3 aliphatic heterocycles. The van der Waals surface area contributed by atoms with Gasteiger partial charge in [0.05, 0.1) is 0 Å². The van der Waals surface area contributed by atoms with Crippen LogP contribution in [0, 0.1) is 27.6 Å². The van der Waals surface area contributed by atoms with Gasteiger partial charge in [-0.1, -0.05) is 66.4 Å². The molecule has 328 valence electrons. The fourth-order valence-electron chi connectivity index (χ4n) is 12.3. The SMILES string of the molecule is C=C[C@@H]1C[C@]1(NC(=O)[C@@H]1C[C@@]2(CN1C(=O)[C@@H](NC(=O)CC1(NC(=O)[C@@H]3CCCN3C(C)=O)CCCCC1)C(C)(C)C)C(C)(C)C21CCC1)C(=O)NS(=O)(=O)N1CCCC1. The molecule has 0 aromatic rings. The van der Waals surface area contributed by atoms with E-state index in [1.54, 1.807) is 15.9 Å². The van der Waals surface area contributed by atoms with E-state index in [9.17, 15) is 32.4 Å². The van der Waals surface area contributed by atoms with Gasteiger partial charge in [0.25, 0.3) is 5.91 Å². The van der Waals surface area contributed by atoms with Gasteiger partial charge in [-0.3, -0.25) is 28.8 Å². The minimum absolute atomic E-state index is 0.0288. The van der Waals surface area contributed by atoms with Crippen molar-refractivity contribution in [2.75, 3.05) is 26.2 Å². The summed E-state index contributed by atoms with van der Waals surface area (Å²) in [4.78, 5) is 87.1. The van der Waals surface area contributed by atoms with Crippen LogP contribution in [-0.2, 0) is 39.0 Å². The standard InChI is InChI=1S/C43H67N7O8S/c1-8-29-24-43(29,37(56)47-59(57,58)48-21-12-13-22-48)46-35(54)31-25-42(39(6,7)41(42)19-15-20-41)27-50(31)36(55)33(38(3,4)5)44-32(52)26-40(17-10-9-11-18-40)45-34(53)30-16-14-23-49(30)28(2)51/h8,29-31,33H,1,9-27H2,2-7H3,(H,44,52)(H,45,53)(H,46,54)(H,47,56)/t29-,30+,31+,33-,42-,43-/m1/s1. The van der Waals surface area contributed by atoms with Crippen LogP contribution in [0.3, 0.4) is 0 Å². The van der Waals surface area contributed by atoms with Crippen molar-refractivity contribution in [1.29, 1.82) is 0 Å². The first-order chi connectivity index (χ1) is 27.6. The monoisotopic (exact) mass is 841 g/mol. The highest BCUT2D eigenvalue weighted by Gasteiger charge is 2.85. The van der Waals surface area contributed by atoms with E-state index in [0.29, 0.717) is 64.7 Å². The Morgan fingerprint density at radius 3 is 1.98 bits per heavy atom. The Balaban J connectivity index is 1.12. The van der Waals surface area contributed by atoms with Crippen molar-refractivity contribution >= 4 is 45.7 Å². The molecule has 7 aliphatic rings. The summed E-state index contributed by atoms with van der Waals surface area (Å²) in [5.74, 6) is -3.02. The molecule has 3 heterocycles. The Labute approximate surface area is 350 Å². The molecule has 15 nitrogen and oxygen atoms in total. The number of hydrogen-bond donors (Lipinski definition) is 4. The van der Waals surface area contributed by atoms with Crippen LogP contribution in [0.15, 0.2) is 12.7 Å². The van der Waals surface area contributed by atoms with Gasteiger partial charge in [0.2, 0.25) is 29.5 Å². The maximum Gasteiger partial charge on any atom is 0.303 e. The maximum absolute atomic E-state index is 15.1. The molecule has 4 aliphatic carbocycles. The van der Waals surface area contributed by atoms with Gasteiger partial charge in [-0.05, 0) is 80.5 Å². The van der Waals surface area contributed by atoms with Gasteiger partial charge < -0.3 is 25.8 Å². The minimum Gasteiger partial charge on any atom is -0.348 e. The van der Waals surface area contributed by atoms with Crippen LogP contribution in [-0.4, -0.2) is 113 Å². The predicted octanol–water partition coefficient (Wildman–Crippen LogP) is 3.05. The third kappa shape index (κ3) is 7.29. The summed E-state index contributed by atoms with van der Waals surface area (Å²) in [5, 5.41) is 9.23. The summed E-state index contributed by atoms with van der Waals surface area (Å²) in [6.45, 7) is 16.8. The molecule has 2 spiro atoms. The molecular weight excluding hydrogens is 775 g/mol. The highest BCUT2D eigenvalue weighted by atomic mass is 32.2. The average Bonchev–Trinajstić information content (AvgIpc) is 3.57. The van der Waals surface area contributed by atoms with Gasteiger partial charge in [0.15, 0.2) is 0 Å². The van der Waals surface area contributed by atoms with Crippen LogP contribution in [0.1, 0.15) is 138 Å². The van der Waals surface area contributed by atoms with E-state index in [1.807, 2.05) is 20.8 Å². The number of nitrogens with zero attached hydrogens (tertiary/aromatic N) is 3. The molecule has 0 aromatic carbocycles. The topological polar surface area (TPSA) is 194 Å². The molecule has 7 rings (SSSR count). The first-order valence-corrected chi connectivity index (χ1v) is 23.5. The smallest absolute Gasteiger partial charge is 0.303 e. The first kappa shape index (κ1) is 43.6. The van der Waals surface area contributed by atoms with E-state index in [4.69, 9.17) is 0 Å². The fraction of sp³-hybridized carbons (Fsp3) is 0.814. The molecule has 16 heteroatoms. The first-order valence-electron chi connectivity index (χ1n) is 22.1. The van der Waals surface area contributed by atoms with E-state index in [0.717, 1.165) is 44.9 Å². The predicted molar refractivity (Wildman–Crippen MR) is 220 cm³/mol. The van der Waals surface area contributed by atoms with Gasteiger partial charge in [-0.2, -0.15) is 12.7 Å². The van der Waals surface area contributed by atoms with Crippen LogP contribution in [0.25, 0.3) is 0 Å². The van der Waals surface area contributed by atoms with Gasteiger partial charge >= 0.3 is 10.2 Å². The van der Waals surface area contributed by atoms with Crippen molar-refractivity contribution in [2.45, 2.75) is 167 Å². The molecule has 4 N–H and O–H groups in total. The molecule has 3 saturated heterocycles. The molecule has 4 saturated carbocycles. The van der Waals surface area contributed by atoms with Crippen LogP contribution in [0.5, 0.6) is 0 Å². The van der Waals surface area contributed by atoms with Crippen molar-refractivity contribution < 1.29 is 37.2 Å². The third-order valence-corrected chi connectivity index (χ3v) is 17.6. The van der Waals surface area contributed by atoms with Crippen LogP contribution < -0.4 is 20.7 Å². The average molecular weight is 842 g/mol. The molecule has 0 aromatic heterocycles. The molecule has 6 atom stereocenters. The molecular formula is C43H67N7O8S. The van der Waals surface area contributed by atoms with Crippen molar-refractivity contribution in [3.8, 4) is 0 Å². The lowest BCUT2D eigenvalue weighted by Crippen LogP contribution is -2.61. The number of amides is 6. The van der Waals surface area contributed by atoms with Gasteiger partial charge in [-0.15, -0.1) is 6.58 Å². The quantitative estimate of drug-likeness (QED) is 0.216. The zero-order valence-corrected chi connectivity index (χ0v) is 36.9. The second kappa shape index (κ2) is 15.1. The summed E-state index contributed by atoms with van der Waals surface area (Å²) in [5.41, 5.74) is -3.66. The Bertz CT molecular complexity index is 1880. The van der Waals surface area contributed by atoms with E-state index in [2.05, 4.69) is 41.1 Å². The molecule has 6 amide bonds. The second-order valence-corrected chi connectivity index (χ2v) is 22.3. The lowest BCUT2D eigenvalue weighted by atomic mass is 9.73. The molecule has 0 bridgehead atoms. The van der Waals surface area contributed by atoms with Crippen LogP contribution in [0.2, 0.25) is 0 Å². The molecule has 7 fully saturated rings. The highest BCUT2D eigenvalue weighted by Crippen LogP contribution is 2.88. The number of hydrogen-bond acceptors (Lipinski definition) is 8. The summed E-state index contributed by atoms with van der Waals surface area (Å²) >= 11 is 0. The number of rotatable bonds is 12. The highest BCUT2D eigenvalue weighted by molar-refractivity contribution is 7.87. The third-order valence-electron chi connectivity index (χ3n) is 16.2. The van der Waals surface area contributed by atoms with Gasteiger partial charge in [0, 0.05) is 56.4 Å². The number of carbonyl (C=O) groups is 6. The van der Waals surface area contributed by atoms with Crippen molar-refractivity contribution in [1.82, 2.24) is 34.8 Å². The van der Waals surface area contributed by atoms with E-state index >= 15 is 4.79 Å². The molecule has 0 radical (unpaired) electrons. The zero-order chi connectivity index (χ0) is 43.0. The summed E-state index contributed by atoms with van der Waals surface area (Å²) in [6, 6.07) is -2.57. The Morgan fingerprint density at radius 2 is 1.44 bits per heavy atom. The van der Waals surface area contributed by atoms with E-state index in [-0.39, 0.29) is 46.8 Å². The van der Waals surface area contributed by atoms with Gasteiger partial charge in [-0.25, -0.2) is 4.72 Å². The lowest BCUT2D eigenvalue weighted by Gasteiger charge is -2.40. The zero-order valence-electron chi connectivity index (χ0n) is 36.0. The summed E-state index contributed by atoms with van der Waals surface area (Å²) in [7, 11) is -4.12. The molecule has 59 heavy (non-hydrogen) atoms. The second-order valence-electron chi connectivity index (χ2n) is 20.6. The normalized spacial score (nSPS) is 32.2. The van der Waals surface area contributed by atoms with Crippen molar-refractivity contribution in [3.05, 3.63) is 12.7 Å². The largest absolute Gasteiger partial charge is 0.348 e. The van der Waals surface area contributed by atoms with Crippen LogP contribution >= 0.6 is 0 Å². The Kier molecular flexibility index (Phi) is 11.2. The Hall–Kier alpha value is -3.53. The Morgan fingerprint density at radius 1 is 0.797 bits per heavy atom. The summed E-state index contributed by atoms with van der Waals surface area (Å²) in [6.07, 6.45) is 11.7. The van der Waals surface area contributed by atoms with Crippen molar-refractivity contribution in [2.24, 2.45) is 27.6 Å². The number of carbonyl (C=O) groups excluding carboxylic acids is 6. The lowest BCUT2D eigenvalue weighted by molar-refractivity contribution is -0.145. The minimum atomic E-state index is -4.12. The van der Waals surface area contributed by atoms with Crippen LogP contribution in [0.4, 0.5) is 0 Å². The van der Waals surface area contributed by atoms with E-state index in [1.165, 1.54) is 11.2 Å². The maximum atomic E-state index is 15.1. The number of fused-ring (bicyclic) bond motifs is 1. The molecule has 0 unspecified atom stereocenters. The number of likely N-dealkylation sites (tertiary alicyclic amines) is 2. The van der Waals surface area contributed by atoms with Gasteiger partial charge in [0.1, 0.15) is 23.7 Å². The van der Waals surface area contributed by atoms with Crippen molar-refractivity contribution in [3.63, 3.8) is 0 Å². The number of nitrogens with one attached hydrogen (secondary N) is 4.